The van der Waals surface area contributed by atoms with Crippen molar-refractivity contribution in [3.05, 3.63) is 46.8 Å². The van der Waals surface area contributed by atoms with Crippen molar-refractivity contribution in [2.75, 3.05) is 20.2 Å². The van der Waals surface area contributed by atoms with E-state index in [-0.39, 0.29) is 11.8 Å². The lowest BCUT2D eigenvalue weighted by Gasteiger charge is -2.13. The summed E-state index contributed by atoms with van der Waals surface area (Å²) in [6.45, 7) is 4.66. The highest BCUT2D eigenvalue weighted by Gasteiger charge is 2.42. The van der Waals surface area contributed by atoms with Crippen LogP contribution in [0.5, 0.6) is 0 Å². The Labute approximate surface area is 175 Å². The molecule has 1 aliphatic heterocycles. The standard InChI is InChI=1S/C23H25N3O4/c1-4-30-21(27)20-19-15(2)8-9-18(19)26(24-20)17-7-5-6-16(14-17)10-11-23(29)12-13-25(3)22(23)28/h5-7,14-15,29H,4,8-9,12-13H2,1-3H3. The number of likely N-dealkylation sites (N-methyl/N-ethyl adjacent to an activating group) is 1. The number of ether oxygens (including phenoxy) is 1. The summed E-state index contributed by atoms with van der Waals surface area (Å²) in [6.07, 6.45) is 2.09. The quantitative estimate of drug-likeness (QED) is 0.622. The molecule has 0 radical (unpaired) electrons. The van der Waals surface area contributed by atoms with Crippen molar-refractivity contribution in [2.45, 2.75) is 44.6 Å². The topological polar surface area (TPSA) is 84.7 Å². The Balaban J connectivity index is 1.70. The minimum atomic E-state index is -1.63. The van der Waals surface area contributed by atoms with Crippen LogP contribution in [0.2, 0.25) is 0 Å². The summed E-state index contributed by atoms with van der Waals surface area (Å²) in [5.41, 5.74) is 2.16. The molecule has 2 aromatic rings. The fourth-order valence-corrected chi connectivity index (χ4v) is 4.15. The average Bonchev–Trinajstić information content (AvgIpc) is 3.38. The second-order valence-corrected chi connectivity index (χ2v) is 7.92. The van der Waals surface area contributed by atoms with Gasteiger partial charge >= 0.3 is 5.97 Å². The van der Waals surface area contributed by atoms with Gasteiger partial charge in [-0.05, 0) is 43.9 Å². The lowest BCUT2D eigenvalue weighted by atomic mass is 10.0. The van der Waals surface area contributed by atoms with Crippen LogP contribution in [-0.4, -0.2) is 57.5 Å². The van der Waals surface area contributed by atoms with Gasteiger partial charge in [0.15, 0.2) is 5.69 Å². The van der Waals surface area contributed by atoms with Crippen LogP contribution in [0.15, 0.2) is 24.3 Å². The van der Waals surface area contributed by atoms with Gasteiger partial charge in [-0.25, -0.2) is 9.48 Å². The molecule has 1 aromatic heterocycles. The Hall–Kier alpha value is -3.11. The highest BCUT2D eigenvalue weighted by molar-refractivity contribution is 5.91. The number of hydrogen-bond acceptors (Lipinski definition) is 5. The molecule has 1 fully saturated rings. The van der Waals surface area contributed by atoms with E-state index in [2.05, 4.69) is 23.9 Å². The molecule has 156 valence electrons. The van der Waals surface area contributed by atoms with E-state index in [1.165, 1.54) is 4.90 Å². The van der Waals surface area contributed by atoms with Gasteiger partial charge in [0.05, 0.1) is 12.3 Å². The first kappa shape index (κ1) is 20.2. The molecule has 1 saturated heterocycles. The smallest absolute Gasteiger partial charge is 0.359 e. The molecule has 4 rings (SSSR count). The summed E-state index contributed by atoms with van der Waals surface area (Å²) >= 11 is 0. The summed E-state index contributed by atoms with van der Waals surface area (Å²) in [5.74, 6) is 5.15. The molecular formula is C23H25N3O4. The third-order valence-corrected chi connectivity index (χ3v) is 5.81. The maximum Gasteiger partial charge on any atom is 0.359 e. The molecule has 1 aromatic carbocycles. The molecule has 2 unspecified atom stereocenters. The lowest BCUT2D eigenvalue weighted by Crippen LogP contribution is -2.37. The van der Waals surface area contributed by atoms with Crippen molar-refractivity contribution < 1.29 is 19.4 Å². The number of esters is 1. The van der Waals surface area contributed by atoms with E-state index < -0.39 is 11.6 Å². The van der Waals surface area contributed by atoms with E-state index in [0.29, 0.717) is 30.8 Å². The molecule has 2 aliphatic rings. The predicted molar refractivity (Wildman–Crippen MR) is 110 cm³/mol. The minimum absolute atomic E-state index is 0.246. The van der Waals surface area contributed by atoms with Crippen molar-refractivity contribution in [1.82, 2.24) is 14.7 Å². The molecule has 2 heterocycles. The molecule has 7 heteroatoms. The Morgan fingerprint density at radius 2 is 2.23 bits per heavy atom. The molecule has 1 amide bonds. The summed E-state index contributed by atoms with van der Waals surface area (Å²) in [4.78, 5) is 26.0. The largest absolute Gasteiger partial charge is 0.461 e. The van der Waals surface area contributed by atoms with Gasteiger partial charge in [-0.15, -0.1) is 0 Å². The molecule has 2 atom stereocenters. The minimum Gasteiger partial charge on any atom is -0.461 e. The molecule has 7 nitrogen and oxygen atoms in total. The lowest BCUT2D eigenvalue weighted by molar-refractivity contribution is -0.137. The number of aliphatic hydroxyl groups is 1. The highest BCUT2D eigenvalue weighted by Crippen LogP contribution is 2.37. The van der Waals surface area contributed by atoms with Gasteiger partial charge in [-0.2, -0.15) is 5.10 Å². The number of carbonyl (C=O) groups excluding carboxylic acids is 2. The van der Waals surface area contributed by atoms with Crippen LogP contribution in [0.4, 0.5) is 0 Å². The van der Waals surface area contributed by atoms with E-state index >= 15 is 0 Å². The van der Waals surface area contributed by atoms with Gasteiger partial charge in [0.25, 0.3) is 5.91 Å². The molecule has 1 aliphatic carbocycles. The number of rotatable bonds is 3. The normalized spacial score (nSPS) is 22.6. The van der Waals surface area contributed by atoms with Crippen LogP contribution in [0.1, 0.15) is 59.9 Å². The molecular weight excluding hydrogens is 382 g/mol. The van der Waals surface area contributed by atoms with Gasteiger partial charge in [0.1, 0.15) is 0 Å². The van der Waals surface area contributed by atoms with Gasteiger partial charge < -0.3 is 14.7 Å². The van der Waals surface area contributed by atoms with Gasteiger partial charge in [-0.1, -0.05) is 24.8 Å². The number of fused-ring (bicyclic) bond motifs is 1. The zero-order chi connectivity index (χ0) is 21.5. The van der Waals surface area contributed by atoms with Gasteiger partial charge in [-0.3, -0.25) is 4.79 Å². The van der Waals surface area contributed by atoms with Crippen molar-refractivity contribution in [1.29, 1.82) is 0 Å². The number of amides is 1. The van der Waals surface area contributed by atoms with Crippen LogP contribution >= 0.6 is 0 Å². The molecule has 0 bridgehead atoms. The van der Waals surface area contributed by atoms with Gasteiger partial charge in [0, 0.05) is 36.8 Å². The summed E-state index contributed by atoms with van der Waals surface area (Å²) in [6, 6.07) is 7.42. The third-order valence-electron chi connectivity index (χ3n) is 5.81. The zero-order valence-electron chi connectivity index (χ0n) is 17.4. The number of nitrogens with zero attached hydrogens (tertiary/aromatic N) is 3. The average molecular weight is 407 g/mol. The number of carbonyl (C=O) groups is 2. The van der Waals surface area contributed by atoms with E-state index in [4.69, 9.17) is 4.74 Å². The van der Waals surface area contributed by atoms with Crippen LogP contribution in [0.3, 0.4) is 0 Å². The maximum absolute atomic E-state index is 12.4. The molecule has 30 heavy (non-hydrogen) atoms. The van der Waals surface area contributed by atoms with E-state index in [1.807, 2.05) is 24.3 Å². The highest BCUT2D eigenvalue weighted by atomic mass is 16.5. The summed E-state index contributed by atoms with van der Waals surface area (Å²) < 4.78 is 6.99. The monoisotopic (exact) mass is 407 g/mol. The summed E-state index contributed by atoms with van der Waals surface area (Å²) in [7, 11) is 1.66. The Morgan fingerprint density at radius 3 is 2.93 bits per heavy atom. The van der Waals surface area contributed by atoms with Crippen LogP contribution < -0.4 is 0 Å². The SMILES string of the molecule is CCOC(=O)c1nn(-c2cccc(C#CC3(O)CCN(C)C3=O)c2)c2c1C(C)CC2. The number of aromatic nitrogens is 2. The van der Waals surface area contributed by atoms with Crippen molar-refractivity contribution in [3.63, 3.8) is 0 Å². The van der Waals surface area contributed by atoms with Crippen molar-refractivity contribution >= 4 is 11.9 Å². The molecule has 1 N–H and O–H groups in total. The van der Waals surface area contributed by atoms with E-state index in [1.54, 1.807) is 18.7 Å². The van der Waals surface area contributed by atoms with Crippen LogP contribution in [0.25, 0.3) is 5.69 Å². The first-order chi connectivity index (χ1) is 14.3. The van der Waals surface area contributed by atoms with E-state index in [0.717, 1.165) is 29.8 Å². The van der Waals surface area contributed by atoms with Crippen molar-refractivity contribution in [3.8, 4) is 17.5 Å². The fraction of sp³-hybridized carbons (Fsp3) is 0.435. The van der Waals surface area contributed by atoms with Crippen LogP contribution in [0, 0.1) is 11.8 Å². The molecule has 0 spiro atoms. The molecule has 0 saturated carbocycles. The van der Waals surface area contributed by atoms with Gasteiger partial charge in [0.2, 0.25) is 5.60 Å². The number of hydrogen-bond donors (Lipinski definition) is 1. The predicted octanol–water partition coefficient (Wildman–Crippen LogP) is 2.04. The van der Waals surface area contributed by atoms with E-state index in [9.17, 15) is 14.7 Å². The first-order valence-electron chi connectivity index (χ1n) is 10.2. The second kappa shape index (κ2) is 7.62. The third kappa shape index (κ3) is 3.37. The maximum atomic E-state index is 12.4. The zero-order valence-corrected chi connectivity index (χ0v) is 17.4. The second-order valence-electron chi connectivity index (χ2n) is 7.92. The van der Waals surface area contributed by atoms with Crippen molar-refractivity contribution in [2.24, 2.45) is 0 Å². The summed E-state index contributed by atoms with van der Waals surface area (Å²) in [5, 5.41) is 15.1. The van der Waals surface area contributed by atoms with Crippen LogP contribution in [-0.2, 0) is 16.0 Å². The number of benzene rings is 1. The fourth-order valence-electron chi connectivity index (χ4n) is 4.15. The Morgan fingerprint density at radius 1 is 1.43 bits per heavy atom. The first-order valence-corrected chi connectivity index (χ1v) is 10.2. The Kier molecular flexibility index (Phi) is 5.12. The number of likely N-dealkylation sites (tertiary alicyclic amines) is 1. The Bertz CT molecular complexity index is 1080.